The highest BCUT2D eigenvalue weighted by atomic mass is 32.1. The quantitative estimate of drug-likeness (QED) is 0.881. The molecule has 1 aliphatic heterocycles. The first-order valence-electron chi connectivity index (χ1n) is 7.73. The van der Waals surface area contributed by atoms with Crippen molar-refractivity contribution in [2.24, 2.45) is 5.92 Å². The summed E-state index contributed by atoms with van der Waals surface area (Å²) in [5, 5.41) is 12.6. The van der Waals surface area contributed by atoms with Gasteiger partial charge in [-0.25, -0.2) is 4.98 Å². The average Bonchev–Trinajstić information content (AvgIpc) is 2.90. The predicted octanol–water partition coefficient (Wildman–Crippen LogP) is 1.50. The highest BCUT2D eigenvalue weighted by molar-refractivity contribution is 7.13. The average molecular weight is 323 g/mol. The van der Waals surface area contributed by atoms with Crippen LogP contribution in [0.25, 0.3) is 0 Å². The summed E-state index contributed by atoms with van der Waals surface area (Å²) < 4.78 is 0. The summed E-state index contributed by atoms with van der Waals surface area (Å²) >= 11 is 1.46. The molecular formula is C15H21N3O3S. The van der Waals surface area contributed by atoms with E-state index in [1.54, 1.807) is 0 Å². The van der Waals surface area contributed by atoms with E-state index in [-0.39, 0.29) is 17.9 Å². The molecule has 2 unspecified atom stereocenters. The number of fused-ring (bicyclic) bond motifs is 1. The zero-order valence-electron chi connectivity index (χ0n) is 12.7. The van der Waals surface area contributed by atoms with Gasteiger partial charge < -0.3 is 15.3 Å². The third kappa shape index (κ3) is 3.30. The maximum absolute atomic E-state index is 12.4. The first-order valence-corrected chi connectivity index (χ1v) is 8.55. The monoisotopic (exact) mass is 323 g/mol. The summed E-state index contributed by atoms with van der Waals surface area (Å²) in [7, 11) is 2.07. The lowest BCUT2D eigenvalue weighted by atomic mass is 9.86. The number of carboxylic acids is 1. The van der Waals surface area contributed by atoms with Crippen molar-refractivity contribution in [2.75, 3.05) is 13.6 Å². The Morgan fingerprint density at radius 2 is 2.23 bits per heavy atom. The highest BCUT2D eigenvalue weighted by Gasteiger charge is 2.29. The summed E-state index contributed by atoms with van der Waals surface area (Å²) in [6.45, 7) is 1.82. The van der Waals surface area contributed by atoms with Crippen LogP contribution in [-0.2, 0) is 17.8 Å². The van der Waals surface area contributed by atoms with Crippen LogP contribution in [0, 0.1) is 5.92 Å². The zero-order chi connectivity index (χ0) is 15.7. The molecule has 120 valence electrons. The molecule has 1 aliphatic carbocycles. The van der Waals surface area contributed by atoms with E-state index < -0.39 is 5.97 Å². The maximum atomic E-state index is 12.4. The third-order valence-electron chi connectivity index (χ3n) is 4.48. The van der Waals surface area contributed by atoms with Gasteiger partial charge in [-0.05, 0) is 26.3 Å². The molecule has 6 nitrogen and oxygen atoms in total. The number of carbonyl (C=O) groups is 2. The summed E-state index contributed by atoms with van der Waals surface area (Å²) in [6.07, 6.45) is 3.82. The number of hydrogen-bond donors (Lipinski definition) is 2. The predicted molar refractivity (Wildman–Crippen MR) is 83.0 cm³/mol. The Balaban J connectivity index is 1.63. The van der Waals surface area contributed by atoms with Crippen molar-refractivity contribution in [3.8, 4) is 0 Å². The van der Waals surface area contributed by atoms with Gasteiger partial charge >= 0.3 is 5.97 Å². The van der Waals surface area contributed by atoms with Crippen molar-refractivity contribution in [2.45, 2.75) is 44.7 Å². The highest BCUT2D eigenvalue weighted by Crippen LogP contribution is 2.27. The molecule has 2 aliphatic rings. The van der Waals surface area contributed by atoms with Gasteiger partial charge in [-0.3, -0.25) is 9.59 Å². The van der Waals surface area contributed by atoms with Crippen molar-refractivity contribution in [3.63, 3.8) is 0 Å². The molecule has 0 spiro atoms. The fourth-order valence-corrected chi connectivity index (χ4v) is 4.30. The number of likely N-dealkylation sites (N-methyl/N-ethyl adjacent to an activating group) is 1. The number of hydrogen-bond acceptors (Lipinski definition) is 5. The van der Waals surface area contributed by atoms with Crippen molar-refractivity contribution >= 4 is 23.2 Å². The first kappa shape index (κ1) is 15.4. The standard InChI is InChI=1S/C15H21N3O3S/c1-18-6-5-11-12(8-18)22-14(17-11)13(19)16-10-4-2-3-9(7-10)15(20)21/h9-10H,2-8H2,1H3,(H,16,19)(H,20,21). The maximum Gasteiger partial charge on any atom is 0.306 e. The second-order valence-corrected chi connectivity index (χ2v) is 7.33. The molecule has 1 aromatic rings. The Kier molecular flexibility index (Phi) is 4.44. The largest absolute Gasteiger partial charge is 0.481 e. The van der Waals surface area contributed by atoms with Gasteiger partial charge in [0.25, 0.3) is 5.91 Å². The molecule has 0 radical (unpaired) electrons. The van der Waals surface area contributed by atoms with Crippen LogP contribution in [0.1, 0.15) is 46.1 Å². The second-order valence-electron chi connectivity index (χ2n) is 6.25. The summed E-state index contributed by atoms with van der Waals surface area (Å²) in [5.74, 6) is -1.25. The zero-order valence-corrected chi connectivity index (χ0v) is 13.5. The van der Waals surface area contributed by atoms with Gasteiger partial charge in [0.15, 0.2) is 5.01 Å². The number of nitrogens with zero attached hydrogens (tertiary/aromatic N) is 2. The Labute approximate surface area is 133 Å². The SMILES string of the molecule is CN1CCc2nc(C(=O)NC3CCCC(C(=O)O)C3)sc2C1. The van der Waals surface area contributed by atoms with Crippen LogP contribution in [0.3, 0.4) is 0 Å². The molecule has 1 saturated carbocycles. The van der Waals surface area contributed by atoms with Crippen molar-refractivity contribution in [1.82, 2.24) is 15.2 Å². The molecule has 0 saturated heterocycles. The van der Waals surface area contributed by atoms with Gasteiger partial charge in [-0.2, -0.15) is 0 Å². The molecule has 0 bridgehead atoms. The number of rotatable bonds is 3. The van der Waals surface area contributed by atoms with Crippen LogP contribution in [-0.4, -0.2) is 46.5 Å². The minimum atomic E-state index is -0.758. The van der Waals surface area contributed by atoms with Crippen molar-refractivity contribution < 1.29 is 14.7 Å². The molecule has 2 atom stereocenters. The summed E-state index contributed by atoms with van der Waals surface area (Å²) in [4.78, 5) is 31.3. The number of thiazole rings is 1. The van der Waals surface area contributed by atoms with E-state index in [0.717, 1.165) is 38.0 Å². The van der Waals surface area contributed by atoms with Crippen LogP contribution < -0.4 is 5.32 Å². The van der Waals surface area contributed by atoms with E-state index in [1.165, 1.54) is 16.2 Å². The van der Waals surface area contributed by atoms with E-state index in [4.69, 9.17) is 5.11 Å². The number of nitrogens with one attached hydrogen (secondary N) is 1. The Bertz CT molecular complexity index is 587. The smallest absolute Gasteiger partial charge is 0.306 e. The molecule has 3 rings (SSSR count). The van der Waals surface area contributed by atoms with Crippen molar-refractivity contribution in [3.05, 3.63) is 15.6 Å². The molecule has 1 amide bonds. The van der Waals surface area contributed by atoms with Crippen LogP contribution in [0.4, 0.5) is 0 Å². The van der Waals surface area contributed by atoms with Crippen LogP contribution in [0.2, 0.25) is 0 Å². The molecule has 7 heteroatoms. The number of carboxylic acid groups (broad SMARTS) is 1. The molecule has 2 N–H and O–H groups in total. The van der Waals surface area contributed by atoms with Crippen LogP contribution in [0.5, 0.6) is 0 Å². The molecule has 22 heavy (non-hydrogen) atoms. The minimum Gasteiger partial charge on any atom is -0.481 e. The molecule has 0 aromatic carbocycles. The number of amides is 1. The first-order chi connectivity index (χ1) is 10.5. The number of carbonyl (C=O) groups excluding carboxylic acids is 1. The Morgan fingerprint density at radius 1 is 1.41 bits per heavy atom. The fraction of sp³-hybridized carbons (Fsp3) is 0.667. The summed E-state index contributed by atoms with van der Waals surface area (Å²) in [6, 6.07) is -0.0500. The molecule has 2 heterocycles. The van der Waals surface area contributed by atoms with E-state index in [9.17, 15) is 9.59 Å². The normalized spacial score (nSPS) is 25.5. The lowest BCUT2D eigenvalue weighted by Crippen LogP contribution is -2.39. The second kappa shape index (κ2) is 6.34. The van der Waals surface area contributed by atoms with Gasteiger partial charge in [0.1, 0.15) is 0 Å². The van der Waals surface area contributed by atoms with Crippen LogP contribution >= 0.6 is 11.3 Å². The fourth-order valence-electron chi connectivity index (χ4n) is 3.21. The van der Waals surface area contributed by atoms with E-state index in [2.05, 4.69) is 22.2 Å². The van der Waals surface area contributed by atoms with E-state index in [1.807, 2.05) is 0 Å². The third-order valence-corrected chi connectivity index (χ3v) is 5.56. The Hall–Kier alpha value is -1.47. The molecule has 1 aromatic heterocycles. The van der Waals surface area contributed by atoms with Crippen LogP contribution in [0.15, 0.2) is 0 Å². The van der Waals surface area contributed by atoms with E-state index >= 15 is 0 Å². The van der Waals surface area contributed by atoms with E-state index in [0.29, 0.717) is 17.8 Å². The lowest BCUT2D eigenvalue weighted by Gasteiger charge is -2.26. The van der Waals surface area contributed by atoms with Gasteiger partial charge in [0.2, 0.25) is 0 Å². The lowest BCUT2D eigenvalue weighted by molar-refractivity contribution is -0.143. The molecule has 1 fully saturated rings. The van der Waals surface area contributed by atoms with Crippen molar-refractivity contribution in [1.29, 1.82) is 0 Å². The topological polar surface area (TPSA) is 82.5 Å². The Morgan fingerprint density at radius 3 is 3.00 bits per heavy atom. The van der Waals surface area contributed by atoms with Gasteiger partial charge in [-0.1, -0.05) is 6.42 Å². The van der Waals surface area contributed by atoms with Gasteiger partial charge in [0, 0.05) is 30.4 Å². The summed E-state index contributed by atoms with van der Waals surface area (Å²) in [5.41, 5.74) is 1.04. The van der Waals surface area contributed by atoms with Gasteiger partial charge in [-0.15, -0.1) is 11.3 Å². The van der Waals surface area contributed by atoms with Gasteiger partial charge in [0.05, 0.1) is 11.6 Å². The number of aliphatic carboxylic acids is 1. The minimum absolute atomic E-state index is 0.0500. The number of aromatic nitrogens is 1. The molecular weight excluding hydrogens is 302 g/mol.